The number of carbonyl (C=O) groups is 1. The van der Waals surface area contributed by atoms with Gasteiger partial charge in [-0.2, -0.15) is 0 Å². The average Bonchev–Trinajstić information content (AvgIpc) is 1.82. The van der Waals surface area contributed by atoms with Crippen molar-refractivity contribution in [3.8, 4) is 0 Å². The first-order valence-corrected chi connectivity index (χ1v) is 3.23. The van der Waals surface area contributed by atoms with E-state index in [-0.39, 0.29) is 5.91 Å². The summed E-state index contributed by atoms with van der Waals surface area (Å²) in [6, 6.07) is 0. The molecule has 0 unspecified atom stereocenters. The highest BCUT2D eigenvalue weighted by Gasteiger charge is 1.92. The Morgan fingerprint density at radius 1 is 1.60 bits per heavy atom. The molecule has 0 saturated heterocycles. The molecule has 0 atom stereocenters. The van der Waals surface area contributed by atoms with E-state index in [9.17, 15) is 4.79 Å². The number of carbonyl (C=O) groups excluding carboxylic acids is 1. The van der Waals surface area contributed by atoms with Crippen LogP contribution in [0.2, 0.25) is 0 Å². The Bertz CT molecular complexity index is 168. The van der Waals surface area contributed by atoms with Crippen LogP contribution in [0, 0.1) is 0 Å². The molecule has 0 aromatic rings. The van der Waals surface area contributed by atoms with E-state index in [4.69, 9.17) is 5.73 Å². The maximum Gasteiger partial charge on any atom is 0.221 e. The minimum absolute atomic E-state index is 0.279. The molecule has 0 aromatic carbocycles. The van der Waals surface area contributed by atoms with Gasteiger partial charge in [0.2, 0.25) is 5.91 Å². The van der Waals surface area contributed by atoms with E-state index in [0.717, 1.165) is 5.57 Å². The zero-order valence-electron chi connectivity index (χ0n) is 6.42. The van der Waals surface area contributed by atoms with Gasteiger partial charge in [0.1, 0.15) is 0 Å². The molecule has 2 N–H and O–H groups in total. The lowest BCUT2D eigenvalue weighted by Crippen LogP contribution is -2.10. The van der Waals surface area contributed by atoms with Gasteiger partial charge in [-0.15, -0.1) is 0 Å². The van der Waals surface area contributed by atoms with Crippen LogP contribution < -0.4 is 5.73 Å². The Hall–Kier alpha value is -1.05. The zero-order valence-corrected chi connectivity index (χ0v) is 6.42. The lowest BCUT2D eigenvalue weighted by molar-refractivity contribution is -0.117. The molecular formula is C8H13NO. The number of primary amides is 1. The molecule has 0 aromatic heterocycles. The standard InChI is InChI=1S/C8H13NO/c1-3-4-5-7(2)6-8(9)10/h3-5H,6H2,1-2H3,(H2,9,10). The molecular weight excluding hydrogens is 126 g/mol. The number of allylic oxidation sites excluding steroid dienone is 3. The van der Waals surface area contributed by atoms with Crippen LogP contribution in [0.5, 0.6) is 0 Å². The summed E-state index contributed by atoms with van der Waals surface area (Å²) in [4.78, 5) is 10.3. The highest BCUT2D eigenvalue weighted by Crippen LogP contribution is 1.97. The number of hydrogen-bond acceptors (Lipinski definition) is 1. The van der Waals surface area contributed by atoms with Crippen molar-refractivity contribution in [3.63, 3.8) is 0 Å². The maximum absolute atomic E-state index is 10.3. The van der Waals surface area contributed by atoms with Crippen molar-refractivity contribution in [2.45, 2.75) is 20.3 Å². The maximum atomic E-state index is 10.3. The average molecular weight is 139 g/mol. The van der Waals surface area contributed by atoms with Gasteiger partial charge in [-0.05, 0) is 13.8 Å². The molecule has 10 heavy (non-hydrogen) atoms. The number of hydrogen-bond donors (Lipinski definition) is 1. The quantitative estimate of drug-likeness (QED) is 0.590. The highest BCUT2D eigenvalue weighted by molar-refractivity contribution is 5.76. The fraction of sp³-hybridized carbons (Fsp3) is 0.375. The second kappa shape index (κ2) is 4.79. The topological polar surface area (TPSA) is 43.1 Å². The third-order valence-electron chi connectivity index (χ3n) is 1.03. The molecule has 0 fully saturated rings. The first-order valence-electron chi connectivity index (χ1n) is 3.23. The van der Waals surface area contributed by atoms with Gasteiger partial charge >= 0.3 is 0 Å². The van der Waals surface area contributed by atoms with Crippen LogP contribution in [0.15, 0.2) is 23.8 Å². The molecule has 0 rings (SSSR count). The molecule has 56 valence electrons. The molecule has 0 aliphatic carbocycles. The van der Waals surface area contributed by atoms with Gasteiger partial charge in [0.25, 0.3) is 0 Å². The van der Waals surface area contributed by atoms with Crippen LogP contribution in [-0.2, 0) is 4.79 Å². The Morgan fingerprint density at radius 3 is 2.60 bits per heavy atom. The summed E-state index contributed by atoms with van der Waals surface area (Å²) in [5.74, 6) is -0.279. The molecule has 0 heterocycles. The van der Waals surface area contributed by atoms with Crippen molar-refractivity contribution in [1.82, 2.24) is 0 Å². The molecule has 0 aliphatic heterocycles. The summed E-state index contributed by atoms with van der Waals surface area (Å²) in [6.07, 6.45) is 6.03. The number of amides is 1. The van der Waals surface area contributed by atoms with Gasteiger partial charge in [0, 0.05) is 6.42 Å². The fourth-order valence-corrected chi connectivity index (χ4v) is 0.594. The fourth-order valence-electron chi connectivity index (χ4n) is 0.594. The van der Waals surface area contributed by atoms with E-state index in [2.05, 4.69) is 0 Å². The monoisotopic (exact) mass is 139 g/mol. The largest absolute Gasteiger partial charge is 0.369 e. The van der Waals surface area contributed by atoms with E-state index in [0.29, 0.717) is 6.42 Å². The third-order valence-corrected chi connectivity index (χ3v) is 1.03. The minimum Gasteiger partial charge on any atom is -0.369 e. The van der Waals surface area contributed by atoms with Gasteiger partial charge in [0.05, 0.1) is 0 Å². The van der Waals surface area contributed by atoms with Crippen molar-refractivity contribution in [2.75, 3.05) is 0 Å². The number of nitrogens with two attached hydrogens (primary N) is 1. The lowest BCUT2D eigenvalue weighted by Gasteiger charge is -1.92. The van der Waals surface area contributed by atoms with Crippen LogP contribution >= 0.6 is 0 Å². The molecule has 2 nitrogen and oxygen atoms in total. The SMILES string of the molecule is CC=CC=C(C)CC(N)=O. The molecule has 0 radical (unpaired) electrons. The van der Waals surface area contributed by atoms with Crippen molar-refractivity contribution >= 4 is 5.91 Å². The summed E-state index contributed by atoms with van der Waals surface area (Å²) < 4.78 is 0. The molecule has 1 amide bonds. The number of rotatable bonds is 3. The predicted molar refractivity (Wildman–Crippen MR) is 42.4 cm³/mol. The van der Waals surface area contributed by atoms with Crippen molar-refractivity contribution in [1.29, 1.82) is 0 Å². The highest BCUT2D eigenvalue weighted by atomic mass is 16.1. The first kappa shape index (κ1) is 8.95. The molecule has 0 saturated carbocycles. The molecule has 2 heteroatoms. The van der Waals surface area contributed by atoms with Gasteiger partial charge in [0.15, 0.2) is 0 Å². The van der Waals surface area contributed by atoms with Crippen LogP contribution in [0.25, 0.3) is 0 Å². The van der Waals surface area contributed by atoms with Crippen molar-refractivity contribution in [2.24, 2.45) is 5.73 Å². The van der Waals surface area contributed by atoms with Crippen LogP contribution in [0.1, 0.15) is 20.3 Å². The Morgan fingerprint density at radius 2 is 2.20 bits per heavy atom. The zero-order chi connectivity index (χ0) is 7.98. The Balaban J connectivity index is 3.82. The van der Waals surface area contributed by atoms with E-state index in [1.165, 1.54) is 0 Å². The van der Waals surface area contributed by atoms with Gasteiger partial charge < -0.3 is 5.73 Å². The smallest absolute Gasteiger partial charge is 0.221 e. The van der Waals surface area contributed by atoms with Crippen LogP contribution in [0.4, 0.5) is 0 Å². The Kier molecular flexibility index (Phi) is 4.29. The van der Waals surface area contributed by atoms with E-state index in [1.54, 1.807) is 0 Å². The minimum atomic E-state index is -0.279. The molecule has 0 bridgehead atoms. The predicted octanol–water partition coefficient (Wildman–Crippen LogP) is 1.38. The summed E-state index contributed by atoms with van der Waals surface area (Å²) in [5, 5.41) is 0. The second-order valence-corrected chi connectivity index (χ2v) is 2.18. The van der Waals surface area contributed by atoms with Gasteiger partial charge in [-0.25, -0.2) is 0 Å². The second-order valence-electron chi connectivity index (χ2n) is 2.18. The normalized spacial score (nSPS) is 12.4. The lowest BCUT2D eigenvalue weighted by atomic mass is 10.2. The van der Waals surface area contributed by atoms with E-state index >= 15 is 0 Å². The van der Waals surface area contributed by atoms with Crippen molar-refractivity contribution in [3.05, 3.63) is 23.8 Å². The molecule has 0 aliphatic rings. The third kappa shape index (κ3) is 5.09. The first-order chi connectivity index (χ1) is 4.66. The van der Waals surface area contributed by atoms with E-state index in [1.807, 2.05) is 32.1 Å². The molecule has 0 spiro atoms. The van der Waals surface area contributed by atoms with Crippen LogP contribution in [0.3, 0.4) is 0 Å². The van der Waals surface area contributed by atoms with Crippen molar-refractivity contribution < 1.29 is 4.79 Å². The summed E-state index contributed by atoms with van der Waals surface area (Å²) in [7, 11) is 0. The van der Waals surface area contributed by atoms with Crippen LogP contribution in [-0.4, -0.2) is 5.91 Å². The summed E-state index contributed by atoms with van der Waals surface area (Å²) in [6.45, 7) is 3.80. The summed E-state index contributed by atoms with van der Waals surface area (Å²) in [5.41, 5.74) is 5.95. The summed E-state index contributed by atoms with van der Waals surface area (Å²) >= 11 is 0. The van der Waals surface area contributed by atoms with Gasteiger partial charge in [-0.3, -0.25) is 4.79 Å². The Labute approximate surface area is 61.4 Å². The van der Waals surface area contributed by atoms with E-state index < -0.39 is 0 Å². The van der Waals surface area contributed by atoms with Gasteiger partial charge in [-0.1, -0.05) is 23.8 Å².